The quantitative estimate of drug-likeness (QED) is 0.557. The molecule has 5 rings (SSSR count). The number of piperazine rings is 1. The molecule has 4 nitrogen and oxygen atoms in total. The van der Waals surface area contributed by atoms with Gasteiger partial charge in [-0.1, -0.05) is 49.4 Å². The SMILES string of the molecule is CCN1CCN(c2nc3ccccc3c3c2C(=O)c2ccccc2-3)CC1. The summed E-state index contributed by atoms with van der Waals surface area (Å²) in [6, 6.07) is 16.1. The van der Waals surface area contributed by atoms with Gasteiger partial charge in [0.1, 0.15) is 5.82 Å². The number of benzene rings is 2. The van der Waals surface area contributed by atoms with Crippen molar-refractivity contribution in [3.8, 4) is 11.1 Å². The van der Waals surface area contributed by atoms with Gasteiger partial charge in [-0.25, -0.2) is 4.98 Å². The van der Waals surface area contributed by atoms with Crippen molar-refractivity contribution in [2.24, 2.45) is 0 Å². The fourth-order valence-corrected chi connectivity index (χ4v) is 4.23. The van der Waals surface area contributed by atoms with Crippen molar-refractivity contribution in [3.63, 3.8) is 0 Å². The standard InChI is InChI=1S/C22H21N3O/c1-2-24-11-13-25(14-12-24)22-20-19(17-9-5-6-10-18(17)23-22)15-7-3-4-8-16(15)21(20)26/h3-10H,2,11-14H2,1H3. The maximum Gasteiger partial charge on any atom is 0.198 e. The molecular weight excluding hydrogens is 322 g/mol. The summed E-state index contributed by atoms with van der Waals surface area (Å²) in [6.07, 6.45) is 0. The number of hydrogen-bond acceptors (Lipinski definition) is 4. The van der Waals surface area contributed by atoms with Gasteiger partial charge in [-0.05, 0) is 18.2 Å². The van der Waals surface area contributed by atoms with E-state index >= 15 is 0 Å². The Bertz CT molecular complexity index is 1020. The van der Waals surface area contributed by atoms with Crippen LogP contribution in [-0.2, 0) is 0 Å². The smallest absolute Gasteiger partial charge is 0.198 e. The molecule has 0 radical (unpaired) electrons. The van der Waals surface area contributed by atoms with Crippen molar-refractivity contribution in [1.82, 2.24) is 9.88 Å². The molecule has 0 atom stereocenters. The molecule has 0 spiro atoms. The molecule has 4 heteroatoms. The second kappa shape index (κ2) is 5.92. The zero-order valence-electron chi connectivity index (χ0n) is 14.9. The third kappa shape index (κ3) is 2.19. The topological polar surface area (TPSA) is 36.4 Å². The minimum Gasteiger partial charge on any atom is -0.353 e. The minimum absolute atomic E-state index is 0.113. The van der Waals surface area contributed by atoms with Gasteiger partial charge in [0.15, 0.2) is 5.78 Å². The Balaban J connectivity index is 1.74. The zero-order chi connectivity index (χ0) is 17.7. The lowest BCUT2D eigenvalue weighted by atomic mass is 10.0. The van der Waals surface area contributed by atoms with Crippen molar-refractivity contribution in [2.75, 3.05) is 37.6 Å². The Kier molecular flexibility index (Phi) is 3.54. The van der Waals surface area contributed by atoms with E-state index in [1.54, 1.807) is 0 Å². The number of hydrogen-bond donors (Lipinski definition) is 0. The molecule has 2 heterocycles. The number of rotatable bonds is 2. The van der Waals surface area contributed by atoms with Crippen LogP contribution in [-0.4, -0.2) is 48.4 Å². The van der Waals surface area contributed by atoms with E-state index in [0.29, 0.717) is 0 Å². The lowest BCUT2D eigenvalue weighted by Crippen LogP contribution is -2.46. The number of ketones is 1. The summed E-state index contributed by atoms with van der Waals surface area (Å²) >= 11 is 0. The molecule has 1 aromatic heterocycles. The van der Waals surface area contributed by atoms with Gasteiger partial charge >= 0.3 is 0 Å². The predicted octanol–water partition coefficient (Wildman–Crippen LogP) is 3.59. The van der Waals surface area contributed by atoms with Crippen LogP contribution in [0.15, 0.2) is 48.5 Å². The summed E-state index contributed by atoms with van der Waals surface area (Å²) in [5.74, 6) is 0.970. The normalized spacial score (nSPS) is 16.8. The van der Waals surface area contributed by atoms with Crippen LogP contribution < -0.4 is 4.90 Å². The van der Waals surface area contributed by atoms with E-state index in [4.69, 9.17) is 4.98 Å². The van der Waals surface area contributed by atoms with E-state index in [1.807, 2.05) is 36.4 Å². The average Bonchev–Trinajstić information content (AvgIpc) is 3.01. The Morgan fingerprint density at radius 3 is 2.35 bits per heavy atom. The maximum absolute atomic E-state index is 13.2. The number of aromatic nitrogens is 1. The van der Waals surface area contributed by atoms with Crippen molar-refractivity contribution in [1.29, 1.82) is 0 Å². The van der Waals surface area contributed by atoms with Crippen molar-refractivity contribution in [3.05, 3.63) is 59.7 Å². The van der Waals surface area contributed by atoms with Crippen LogP contribution in [0.25, 0.3) is 22.0 Å². The van der Waals surface area contributed by atoms with Crippen molar-refractivity contribution >= 4 is 22.5 Å². The number of nitrogens with zero attached hydrogens (tertiary/aromatic N) is 3. The number of likely N-dealkylation sites (N-methyl/N-ethyl adjacent to an activating group) is 1. The van der Waals surface area contributed by atoms with Crippen LogP contribution in [0.3, 0.4) is 0 Å². The largest absolute Gasteiger partial charge is 0.353 e. The van der Waals surface area contributed by atoms with Crippen LogP contribution >= 0.6 is 0 Å². The summed E-state index contributed by atoms with van der Waals surface area (Å²) in [4.78, 5) is 22.9. The molecule has 1 fully saturated rings. The molecule has 1 saturated heterocycles. The van der Waals surface area contributed by atoms with Crippen LogP contribution in [0.5, 0.6) is 0 Å². The molecule has 3 aromatic rings. The molecule has 26 heavy (non-hydrogen) atoms. The van der Waals surface area contributed by atoms with Gasteiger partial charge in [0.05, 0.1) is 11.1 Å². The molecule has 0 bridgehead atoms. The van der Waals surface area contributed by atoms with Crippen LogP contribution in [0.4, 0.5) is 5.82 Å². The van der Waals surface area contributed by atoms with Crippen LogP contribution in [0.2, 0.25) is 0 Å². The van der Waals surface area contributed by atoms with Crippen LogP contribution in [0.1, 0.15) is 22.8 Å². The van der Waals surface area contributed by atoms with Crippen molar-refractivity contribution in [2.45, 2.75) is 6.92 Å². The van der Waals surface area contributed by atoms with E-state index in [2.05, 4.69) is 28.9 Å². The third-order valence-electron chi connectivity index (χ3n) is 5.66. The lowest BCUT2D eigenvalue weighted by molar-refractivity contribution is 0.104. The highest BCUT2D eigenvalue weighted by atomic mass is 16.1. The fourth-order valence-electron chi connectivity index (χ4n) is 4.23. The minimum atomic E-state index is 0.113. The van der Waals surface area contributed by atoms with Gasteiger partial charge in [-0.3, -0.25) is 4.79 Å². The molecule has 0 N–H and O–H groups in total. The van der Waals surface area contributed by atoms with Gasteiger partial charge in [0.2, 0.25) is 0 Å². The fraction of sp³-hybridized carbons (Fsp3) is 0.273. The Hall–Kier alpha value is -2.72. The highest BCUT2D eigenvalue weighted by Gasteiger charge is 2.34. The Morgan fingerprint density at radius 2 is 1.58 bits per heavy atom. The second-order valence-electron chi connectivity index (χ2n) is 7.00. The highest BCUT2D eigenvalue weighted by molar-refractivity contribution is 6.28. The van der Waals surface area contributed by atoms with Crippen LogP contribution in [0, 0.1) is 0 Å². The summed E-state index contributed by atoms with van der Waals surface area (Å²) in [7, 11) is 0. The maximum atomic E-state index is 13.2. The van der Waals surface area contributed by atoms with Gasteiger partial charge in [-0.2, -0.15) is 0 Å². The van der Waals surface area contributed by atoms with E-state index in [9.17, 15) is 4.79 Å². The van der Waals surface area contributed by atoms with Crippen molar-refractivity contribution < 1.29 is 4.79 Å². The Morgan fingerprint density at radius 1 is 0.885 bits per heavy atom. The van der Waals surface area contributed by atoms with Gasteiger partial charge in [-0.15, -0.1) is 0 Å². The van der Waals surface area contributed by atoms with Gasteiger partial charge in [0, 0.05) is 42.7 Å². The molecule has 0 unspecified atom stereocenters. The number of anilines is 1. The number of carbonyl (C=O) groups excluding carboxylic acids is 1. The zero-order valence-corrected chi connectivity index (χ0v) is 14.9. The number of pyridine rings is 1. The average molecular weight is 343 g/mol. The van der Waals surface area contributed by atoms with E-state index in [0.717, 1.165) is 71.7 Å². The second-order valence-corrected chi connectivity index (χ2v) is 7.00. The summed E-state index contributed by atoms with van der Waals surface area (Å²) in [5, 5.41) is 1.07. The van der Waals surface area contributed by atoms with E-state index in [-0.39, 0.29) is 5.78 Å². The summed E-state index contributed by atoms with van der Waals surface area (Å²) in [5.41, 5.74) is 4.65. The molecular formula is C22H21N3O. The van der Waals surface area contributed by atoms with E-state index in [1.165, 1.54) is 0 Å². The first-order valence-electron chi connectivity index (χ1n) is 9.32. The molecule has 2 aliphatic rings. The molecule has 1 aliphatic heterocycles. The molecule has 0 amide bonds. The first-order valence-corrected chi connectivity index (χ1v) is 9.32. The molecule has 2 aromatic carbocycles. The predicted molar refractivity (Wildman–Crippen MR) is 105 cm³/mol. The number of fused-ring (bicyclic) bond motifs is 5. The third-order valence-corrected chi connectivity index (χ3v) is 5.66. The van der Waals surface area contributed by atoms with Gasteiger partial charge < -0.3 is 9.80 Å². The molecule has 0 saturated carbocycles. The van der Waals surface area contributed by atoms with E-state index < -0.39 is 0 Å². The Labute approximate surface area is 153 Å². The van der Waals surface area contributed by atoms with Gasteiger partial charge in [0.25, 0.3) is 0 Å². The summed E-state index contributed by atoms with van der Waals surface area (Å²) < 4.78 is 0. The first kappa shape index (κ1) is 15.5. The molecule has 130 valence electrons. The molecule has 1 aliphatic carbocycles. The summed E-state index contributed by atoms with van der Waals surface area (Å²) in [6.45, 7) is 7.12. The lowest BCUT2D eigenvalue weighted by Gasteiger charge is -2.35. The number of para-hydroxylation sites is 1. The number of carbonyl (C=O) groups is 1. The highest BCUT2D eigenvalue weighted by Crippen LogP contribution is 2.44. The monoisotopic (exact) mass is 343 g/mol. The first-order chi connectivity index (χ1) is 12.8.